The highest BCUT2D eigenvalue weighted by molar-refractivity contribution is 6.31. The number of anilines is 1. The van der Waals surface area contributed by atoms with Crippen molar-refractivity contribution < 1.29 is 4.74 Å². The topological polar surface area (TPSA) is 49.1 Å². The first-order chi connectivity index (χ1) is 11.1. The van der Waals surface area contributed by atoms with Crippen molar-refractivity contribution in [2.75, 3.05) is 24.7 Å². The summed E-state index contributed by atoms with van der Waals surface area (Å²) in [4.78, 5) is 7.04. The fraction of sp³-hybridized carbons (Fsp3) is 0.444. The van der Waals surface area contributed by atoms with Crippen LogP contribution in [0.4, 0.5) is 5.82 Å². The van der Waals surface area contributed by atoms with Crippen LogP contribution in [0.15, 0.2) is 24.3 Å². The average molecular weight is 330 g/mol. The van der Waals surface area contributed by atoms with Crippen LogP contribution in [0.1, 0.15) is 25.8 Å². The van der Waals surface area contributed by atoms with E-state index in [4.69, 9.17) is 21.3 Å². The minimum Gasteiger partial charge on any atom is -0.377 e. The molecule has 23 heavy (non-hydrogen) atoms. The zero-order valence-electron chi connectivity index (χ0n) is 13.4. The lowest BCUT2D eigenvalue weighted by Crippen LogP contribution is -2.46. The molecule has 1 unspecified atom stereocenters. The van der Waals surface area contributed by atoms with Gasteiger partial charge >= 0.3 is 0 Å². The second-order valence-corrected chi connectivity index (χ2v) is 6.79. The van der Waals surface area contributed by atoms with Crippen LogP contribution in [0.5, 0.6) is 0 Å². The number of aromatic nitrogens is 1. The van der Waals surface area contributed by atoms with Gasteiger partial charge in [0.05, 0.1) is 36.4 Å². The summed E-state index contributed by atoms with van der Waals surface area (Å²) in [5.74, 6) is 1.43. The summed E-state index contributed by atoms with van der Waals surface area (Å²) in [7, 11) is 0. The minimum absolute atomic E-state index is 0.299. The van der Waals surface area contributed by atoms with Gasteiger partial charge in [-0.05, 0) is 36.6 Å². The Balaban J connectivity index is 2.04. The molecule has 2 aromatic rings. The molecule has 1 fully saturated rings. The Bertz CT molecular complexity index is 754. The average Bonchev–Trinajstić information content (AvgIpc) is 2.54. The number of pyridine rings is 1. The van der Waals surface area contributed by atoms with Gasteiger partial charge in [-0.2, -0.15) is 5.26 Å². The third kappa shape index (κ3) is 3.41. The molecular weight excluding hydrogens is 310 g/mol. The summed E-state index contributed by atoms with van der Waals surface area (Å²) in [5, 5.41) is 10.9. The molecule has 120 valence electrons. The minimum atomic E-state index is 0.299. The number of halogens is 1. The number of nitrogens with zero attached hydrogens (tertiary/aromatic N) is 3. The van der Waals surface area contributed by atoms with E-state index in [1.165, 1.54) is 0 Å². The maximum atomic E-state index is 9.50. The SMILES string of the molecule is CC(C)CC1COCCN1c1cc(C#N)c2cc(Cl)ccc2n1. The van der Waals surface area contributed by atoms with E-state index in [0.29, 0.717) is 35.8 Å². The third-order valence-electron chi connectivity index (χ3n) is 4.14. The van der Waals surface area contributed by atoms with Gasteiger partial charge in [0.1, 0.15) is 5.82 Å². The van der Waals surface area contributed by atoms with Gasteiger partial charge < -0.3 is 9.64 Å². The lowest BCUT2D eigenvalue weighted by Gasteiger charge is -2.37. The molecule has 0 N–H and O–H groups in total. The number of fused-ring (bicyclic) bond motifs is 1. The molecule has 5 heteroatoms. The molecule has 0 spiro atoms. The highest BCUT2D eigenvalue weighted by Gasteiger charge is 2.25. The fourth-order valence-corrected chi connectivity index (χ4v) is 3.29. The Kier molecular flexibility index (Phi) is 4.70. The van der Waals surface area contributed by atoms with Gasteiger partial charge in [0, 0.05) is 17.0 Å². The summed E-state index contributed by atoms with van der Waals surface area (Å²) in [5.41, 5.74) is 1.42. The first-order valence-corrected chi connectivity index (χ1v) is 8.31. The van der Waals surface area contributed by atoms with Crippen LogP contribution in [0, 0.1) is 17.2 Å². The first kappa shape index (κ1) is 16.0. The van der Waals surface area contributed by atoms with E-state index in [0.717, 1.165) is 29.7 Å². The van der Waals surface area contributed by atoms with Crippen molar-refractivity contribution in [3.8, 4) is 6.07 Å². The molecule has 1 aromatic heterocycles. The van der Waals surface area contributed by atoms with Crippen molar-refractivity contribution in [2.45, 2.75) is 26.3 Å². The van der Waals surface area contributed by atoms with Crippen LogP contribution in [-0.2, 0) is 4.74 Å². The summed E-state index contributed by atoms with van der Waals surface area (Å²) >= 11 is 6.05. The molecule has 0 saturated carbocycles. The Hall–Kier alpha value is -1.83. The molecule has 0 bridgehead atoms. The Morgan fingerprint density at radius 1 is 1.43 bits per heavy atom. The van der Waals surface area contributed by atoms with E-state index < -0.39 is 0 Å². The van der Waals surface area contributed by atoms with Crippen LogP contribution in [-0.4, -0.2) is 30.8 Å². The van der Waals surface area contributed by atoms with Crippen molar-refractivity contribution >= 4 is 28.3 Å². The molecule has 4 nitrogen and oxygen atoms in total. The quantitative estimate of drug-likeness (QED) is 0.853. The number of hydrogen-bond donors (Lipinski definition) is 0. The number of benzene rings is 1. The van der Waals surface area contributed by atoms with E-state index in [9.17, 15) is 5.26 Å². The molecule has 1 aromatic carbocycles. The van der Waals surface area contributed by atoms with Gasteiger partial charge in [0.2, 0.25) is 0 Å². The van der Waals surface area contributed by atoms with Crippen LogP contribution in [0.25, 0.3) is 10.9 Å². The van der Waals surface area contributed by atoms with Gasteiger partial charge in [0.25, 0.3) is 0 Å². The highest BCUT2D eigenvalue weighted by atomic mass is 35.5. The number of hydrogen-bond acceptors (Lipinski definition) is 4. The van der Waals surface area contributed by atoms with Gasteiger partial charge in [-0.25, -0.2) is 4.98 Å². The first-order valence-electron chi connectivity index (χ1n) is 7.93. The van der Waals surface area contributed by atoms with Crippen molar-refractivity contribution in [3.63, 3.8) is 0 Å². The number of ether oxygens (including phenoxy) is 1. The maximum absolute atomic E-state index is 9.50. The third-order valence-corrected chi connectivity index (χ3v) is 4.38. The van der Waals surface area contributed by atoms with E-state index in [2.05, 4.69) is 24.8 Å². The molecule has 0 amide bonds. The lowest BCUT2D eigenvalue weighted by atomic mass is 10.0. The summed E-state index contributed by atoms with van der Waals surface area (Å²) in [6.45, 7) is 6.62. The van der Waals surface area contributed by atoms with Crippen molar-refractivity contribution in [2.24, 2.45) is 5.92 Å². The van der Waals surface area contributed by atoms with Crippen LogP contribution in [0.2, 0.25) is 5.02 Å². The summed E-state index contributed by atoms with van der Waals surface area (Å²) in [6.07, 6.45) is 1.04. The molecule has 1 aliphatic rings. The fourth-order valence-electron chi connectivity index (χ4n) is 3.12. The molecule has 3 rings (SSSR count). The highest BCUT2D eigenvalue weighted by Crippen LogP contribution is 2.28. The Morgan fingerprint density at radius 3 is 3.00 bits per heavy atom. The summed E-state index contributed by atoms with van der Waals surface area (Å²) in [6, 6.07) is 9.94. The Morgan fingerprint density at radius 2 is 2.26 bits per heavy atom. The maximum Gasteiger partial charge on any atom is 0.130 e. The molecule has 0 radical (unpaired) electrons. The van der Waals surface area contributed by atoms with Crippen molar-refractivity contribution in [1.82, 2.24) is 4.98 Å². The molecule has 1 saturated heterocycles. The second kappa shape index (κ2) is 6.74. The normalized spacial score (nSPS) is 18.4. The molecule has 2 heterocycles. The molecule has 0 aliphatic carbocycles. The summed E-state index contributed by atoms with van der Waals surface area (Å²) < 4.78 is 5.64. The van der Waals surface area contributed by atoms with Crippen LogP contribution >= 0.6 is 11.6 Å². The predicted molar refractivity (Wildman–Crippen MR) is 92.9 cm³/mol. The van der Waals surface area contributed by atoms with E-state index >= 15 is 0 Å². The number of morpholine rings is 1. The monoisotopic (exact) mass is 329 g/mol. The molecule has 1 atom stereocenters. The van der Waals surface area contributed by atoms with Crippen LogP contribution in [0.3, 0.4) is 0 Å². The largest absolute Gasteiger partial charge is 0.377 e. The van der Waals surface area contributed by atoms with Gasteiger partial charge in [-0.15, -0.1) is 0 Å². The smallest absolute Gasteiger partial charge is 0.130 e. The van der Waals surface area contributed by atoms with Crippen LogP contribution < -0.4 is 4.90 Å². The predicted octanol–water partition coefficient (Wildman–Crippen LogP) is 4.01. The van der Waals surface area contributed by atoms with Crippen molar-refractivity contribution in [3.05, 3.63) is 34.9 Å². The van der Waals surface area contributed by atoms with E-state index in [1.807, 2.05) is 18.2 Å². The lowest BCUT2D eigenvalue weighted by molar-refractivity contribution is 0.0874. The van der Waals surface area contributed by atoms with E-state index in [1.54, 1.807) is 6.07 Å². The van der Waals surface area contributed by atoms with Gasteiger partial charge in [-0.1, -0.05) is 25.4 Å². The van der Waals surface area contributed by atoms with E-state index in [-0.39, 0.29) is 0 Å². The zero-order chi connectivity index (χ0) is 16.4. The molecular formula is C18H20ClN3O. The van der Waals surface area contributed by atoms with Gasteiger partial charge in [0.15, 0.2) is 0 Å². The Labute approximate surface area is 141 Å². The van der Waals surface area contributed by atoms with Gasteiger partial charge in [-0.3, -0.25) is 0 Å². The number of nitriles is 1. The zero-order valence-corrected chi connectivity index (χ0v) is 14.2. The second-order valence-electron chi connectivity index (χ2n) is 6.35. The van der Waals surface area contributed by atoms with Crippen molar-refractivity contribution in [1.29, 1.82) is 5.26 Å². The number of rotatable bonds is 3. The standard InChI is InChI=1S/C18H20ClN3O/c1-12(2)7-15-11-23-6-5-22(15)18-8-13(10-20)16-9-14(19)3-4-17(16)21-18/h3-4,8-9,12,15H,5-7,11H2,1-2H3. The molecule has 1 aliphatic heterocycles.